The Morgan fingerprint density at radius 1 is 1.45 bits per heavy atom. The normalized spacial score (nSPS) is 9.73. The minimum absolute atomic E-state index is 0.291. The molecule has 0 aromatic carbocycles. The third-order valence-corrected chi connectivity index (χ3v) is 1.53. The van der Waals surface area contributed by atoms with Crippen molar-refractivity contribution in [3.05, 3.63) is 22.4 Å². The Kier molecular flexibility index (Phi) is 2.93. The molecule has 0 saturated heterocycles. The average Bonchev–Trinajstić information content (AvgIpc) is 1.95. The van der Waals surface area contributed by atoms with Crippen molar-refractivity contribution in [2.45, 2.75) is 0 Å². The summed E-state index contributed by atoms with van der Waals surface area (Å²) < 4.78 is 0. The Balaban J connectivity index is 2.90. The Hall–Kier alpha value is -0.510. The molecule has 0 bridgehead atoms. The molecule has 1 heterocycles. The number of halogens is 2. The Morgan fingerprint density at radius 3 is 2.73 bits per heavy atom. The predicted molar refractivity (Wildman–Crippen MR) is 44.9 cm³/mol. The summed E-state index contributed by atoms with van der Waals surface area (Å²) in [5.41, 5.74) is 3.15. The molecule has 0 atom stereocenters. The van der Waals surface area contributed by atoms with Crippen LogP contribution in [-0.2, 0) is 4.84 Å². The lowest BCUT2D eigenvalue weighted by atomic mass is 10.4. The Labute approximate surface area is 74.2 Å². The molecule has 11 heavy (non-hydrogen) atoms. The van der Waals surface area contributed by atoms with Crippen molar-refractivity contribution in [3.63, 3.8) is 0 Å². The molecule has 0 amide bonds. The van der Waals surface area contributed by atoms with Crippen LogP contribution in [0.4, 0.5) is 5.69 Å². The number of aromatic nitrogens is 1. The van der Waals surface area contributed by atoms with Crippen molar-refractivity contribution in [3.8, 4) is 0 Å². The smallest absolute Gasteiger partial charge is 0.156 e. The molecule has 60 valence electrons. The highest BCUT2D eigenvalue weighted by Crippen LogP contribution is 2.20. The van der Waals surface area contributed by atoms with Crippen LogP contribution in [0, 0.1) is 0 Å². The van der Waals surface area contributed by atoms with Crippen LogP contribution < -0.4 is 5.48 Å². The minimum atomic E-state index is 0.291. The van der Waals surface area contributed by atoms with Gasteiger partial charge in [0.15, 0.2) is 5.15 Å². The van der Waals surface area contributed by atoms with E-state index in [4.69, 9.17) is 23.2 Å². The van der Waals surface area contributed by atoms with E-state index in [1.54, 1.807) is 12.1 Å². The molecule has 0 fully saturated rings. The van der Waals surface area contributed by atoms with Gasteiger partial charge in [-0.15, -0.1) is 0 Å². The number of nitrogens with one attached hydrogen (secondary N) is 1. The second-order valence-corrected chi connectivity index (χ2v) is 2.52. The van der Waals surface area contributed by atoms with Gasteiger partial charge in [-0.3, -0.25) is 10.3 Å². The largest absolute Gasteiger partial charge is 0.279 e. The summed E-state index contributed by atoms with van der Waals surface area (Å²) in [6.07, 6.45) is 0. The molecule has 1 rings (SSSR count). The minimum Gasteiger partial charge on any atom is -0.279 e. The van der Waals surface area contributed by atoms with Crippen LogP contribution in [0.3, 0.4) is 0 Å². The molecule has 1 aromatic heterocycles. The number of hydrogen-bond donors (Lipinski definition) is 1. The van der Waals surface area contributed by atoms with Crippen LogP contribution in [0.2, 0.25) is 10.3 Å². The van der Waals surface area contributed by atoms with Crippen molar-refractivity contribution >= 4 is 28.9 Å². The van der Waals surface area contributed by atoms with Gasteiger partial charge in [0.25, 0.3) is 0 Å². The Bertz CT molecular complexity index is 254. The summed E-state index contributed by atoms with van der Waals surface area (Å²) in [5.74, 6) is 0. The van der Waals surface area contributed by atoms with Gasteiger partial charge in [0, 0.05) is 0 Å². The van der Waals surface area contributed by atoms with E-state index in [0.717, 1.165) is 0 Å². The van der Waals surface area contributed by atoms with E-state index < -0.39 is 0 Å². The van der Waals surface area contributed by atoms with Crippen molar-refractivity contribution in [1.29, 1.82) is 0 Å². The molecule has 3 nitrogen and oxygen atoms in total. The predicted octanol–water partition coefficient (Wildman–Crippen LogP) is 2.36. The van der Waals surface area contributed by atoms with E-state index in [1.165, 1.54) is 7.11 Å². The molecule has 0 radical (unpaired) electrons. The van der Waals surface area contributed by atoms with Crippen molar-refractivity contribution in [2.75, 3.05) is 12.6 Å². The Morgan fingerprint density at radius 2 is 2.18 bits per heavy atom. The molecule has 0 spiro atoms. The third-order valence-electron chi connectivity index (χ3n) is 1.03. The summed E-state index contributed by atoms with van der Waals surface area (Å²) in [7, 11) is 1.49. The summed E-state index contributed by atoms with van der Waals surface area (Å²) in [4.78, 5) is 8.41. The van der Waals surface area contributed by atoms with E-state index in [1.807, 2.05) is 0 Å². The fourth-order valence-corrected chi connectivity index (χ4v) is 0.982. The molecule has 0 aliphatic carbocycles. The van der Waals surface area contributed by atoms with Crippen LogP contribution in [0.1, 0.15) is 0 Å². The lowest BCUT2D eigenvalue weighted by Crippen LogP contribution is -1.96. The number of anilines is 1. The second-order valence-electron chi connectivity index (χ2n) is 1.78. The summed E-state index contributed by atoms with van der Waals surface area (Å²) in [5, 5.41) is 0.649. The fourth-order valence-electron chi connectivity index (χ4n) is 0.598. The zero-order chi connectivity index (χ0) is 8.27. The first kappa shape index (κ1) is 8.59. The molecule has 0 aliphatic heterocycles. The van der Waals surface area contributed by atoms with Crippen LogP contribution in [0.15, 0.2) is 12.1 Å². The maximum absolute atomic E-state index is 5.67. The summed E-state index contributed by atoms with van der Waals surface area (Å²) in [6.45, 7) is 0. The van der Waals surface area contributed by atoms with Crippen molar-refractivity contribution in [2.24, 2.45) is 0 Å². The zero-order valence-corrected chi connectivity index (χ0v) is 7.28. The van der Waals surface area contributed by atoms with Gasteiger partial charge < -0.3 is 0 Å². The fraction of sp³-hybridized carbons (Fsp3) is 0.167. The highest BCUT2D eigenvalue weighted by molar-refractivity contribution is 6.34. The topological polar surface area (TPSA) is 34.1 Å². The molecule has 0 saturated carbocycles. The highest BCUT2D eigenvalue weighted by atomic mass is 35.5. The third kappa shape index (κ3) is 2.22. The zero-order valence-electron chi connectivity index (χ0n) is 5.77. The van der Waals surface area contributed by atoms with Gasteiger partial charge >= 0.3 is 0 Å². The number of pyridine rings is 1. The van der Waals surface area contributed by atoms with Crippen LogP contribution in [0.25, 0.3) is 0 Å². The number of rotatable bonds is 2. The van der Waals surface area contributed by atoms with E-state index in [-0.39, 0.29) is 0 Å². The first-order chi connectivity index (χ1) is 5.24. The average molecular weight is 193 g/mol. The van der Waals surface area contributed by atoms with Crippen LogP contribution >= 0.6 is 23.2 Å². The first-order valence-electron chi connectivity index (χ1n) is 2.85. The van der Waals surface area contributed by atoms with Gasteiger partial charge in [-0.1, -0.05) is 23.2 Å². The molecule has 5 heteroatoms. The SMILES string of the molecule is CONc1ccc(Cl)nc1Cl. The van der Waals surface area contributed by atoms with Crippen molar-refractivity contribution < 1.29 is 4.84 Å². The van der Waals surface area contributed by atoms with Crippen molar-refractivity contribution in [1.82, 2.24) is 4.98 Å². The maximum atomic E-state index is 5.67. The molecule has 0 aliphatic rings. The van der Waals surface area contributed by atoms with Gasteiger partial charge in [-0.25, -0.2) is 4.98 Å². The van der Waals surface area contributed by atoms with Crippen LogP contribution in [0.5, 0.6) is 0 Å². The highest BCUT2D eigenvalue weighted by Gasteiger charge is 2.00. The second kappa shape index (κ2) is 3.76. The van der Waals surface area contributed by atoms with Gasteiger partial charge in [-0.05, 0) is 12.1 Å². The quantitative estimate of drug-likeness (QED) is 0.578. The molecule has 1 aromatic rings. The monoisotopic (exact) mass is 192 g/mol. The number of hydrogen-bond acceptors (Lipinski definition) is 3. The van der Waals surface area contributed by atoms with Gasteiger partial charge in [0.2, 0.25) is 0 Å². The van der Waals surface area contributed by atoms with Gasteiger partial charge in [-0.2, -0.15) is 0 Å². The molecular weight excluding hydrogens is 187 g/mol. The van der Waals surface area contributed by atoms with Crippen LogP contribution in [-0.4, -0.2) is 12.1 Å². The lowest BCUT2D eigenvalue weighted by molar-refractivity contribution is 0.271. The molecule has 0 unspecified atom stereocenters. The standard InChI is InChI=1S/C6H6Cl2N2O/c1-11-10-4-2-3-5(7)9-6(4)8/h2-3,10H,1H3. The van der Waals surface area contributed by atoms with E-state index in [2.05, 4.69) is 15.3 Å². The van der Waals surface area contributed by atoms with E-state index >= 15 is 0 Å². The lowest BCUT2D eigenvalue weighted by Gasteiger charge is -2.03. The first-order valence-corrected chi connectivity index (χ1v) is 3.60. The molecular formula is C6H6Cl2N2O. The van der Waals surface area contributed by atoms with E-state index in [0.29, 0.717) is 16.0 Å². The summed E-state index contributed by atoms with van der Waals surface area (Å²) >= 11 is 11.2. The summed E-state index contributed by atoms with van der Waals surface area (Å²) in [6, 6.07) is 3.30. The van der Waals surface area contributed by atoms with Gasteiger partial charge in [0.1, 0.15) is 5.15 Å². The molecule has 1 N–H and O–H groups in total. The maximum Gasteiger partial charge on any atom is 0.156 e. The number of nitrogens with zero attached hydrogens (tertiary/aromatic N) is 1. The van der Waals surface area contributed by atoms with Gasteiger partial charge in [0.05, 0.1) is 12.8 Å². The van der Waals surface area contributed by atoms with E-state index in [9.17, 15) is 0 Å².